The first kappa shape index (κ1) is 13.3. The van der Waals surface area contributed by atoms with Crippen LogP contribution in [0.3, 0.4) is 0 Å². The number of likely N-dealkylation sites (N-methyl/N-ethyl adjacent to an activating group) is 1. The van der Waals surface area contributed by atoms with Gasteiger partial charge in [0.05, 0.1) is 11.1 Å². The molecule has 1 unspecified atom stereocenters. The Bertz CT molecular complexity index is 512. The molecule has 0 saturated carbocycles. The van der Waals surface area contributed by atoms with Crippen LogP contribution in [-0.4, -0.2) is 17.1 Å². The quantitative estimate of drug-likeness (QED) is 0.858. The molecule has 0 saturated heterocycles. The first-order chi connectivity index (χ1) is 8.18. The lowest BCUT2D eigenvalue weighted by Gasteiger charge is -2.29. The molecule has 0 aromatic heterocycles. The van der Waals surface area contributed by atoms with Crippen LogP contribution in [-0.2, 0) is 0 Å². The zero-order chi connectivity index (χ0) is 12.0. The molecule has 96 valence electrons. The van der Waals surface area contributed by atoms with Crippen molar-refractivity contribution in [2.24, 2.45) is 5.73 Å². The van der Waals surface area contributed by atoms with Crippen LogP contribution in [0.5, 0.6) is 0 Å². The van der Waals surface area contributed by atoms with Crippen LogP contribution in [0.4, 0.5) is 0 Å². The molecule has 2 aliphatic heterocycles. The third kappa shape index (κ3) is 1.90. The minimum Gasteiger partial charge on any atom is -0.383 e. The van der Waals surface area contributed by atoms with E-state index in [4.69, 9.17) is 5.73 Å². The van der Waals surface area contributed by atoms with Gasteiger partial charge in [-0.3, -0.25) is 5.01 Å². The van der Waals surface area contributed by atoms with Crippen molar-refractivity contribution >= 4 is 24.2 Å². The zero-order valence-corrected chi connectivity index (χ0v) is 12.0. The van der Waals surface area contributed by atoms with Gasteiger partial charge in [-0.1, -0.05) is 42.1 Å². The van der Waals surface area contributed by atoms with Crippen molar-refractivity contribution in [1.29, 1.82) is 0 Å². The summed E-state index contributed by atoms with van der Waals surface area (Å²) in [5.41, 5.74) is 7.39. The van der Waals surface area contributed by atoms with Gasteiger partial charge in [0.15, 0.2) is 0 Å². The average Bonchev–Trinajstić information content (AvgIpc) is 2.80. The fraction of sp³-hybridized carbons (Fsp3) is 0.231. The Balaban J connectivity index is 0.00000120. The molecule has 2 aliphatic rings. The monoisotopic (exact) mass is 281 g/mol. The predicted molar refractivity (Wildman–Crippen MR) is 78.6 cm³/mol. The van der Waals surface area contributed by atoms with E-state index in [9.17, 15) is 0 Å². The molecule has 0 spiro atoms. The SMILES string of the molecule is CC1=C(N)N2C(=CC(c3ccccc3)N2C)S1.Cl. The number of hydrazine groups is 1. The van der Waals surface area contributed by atoms with Crippen LogP contribution >= 0.6 is 24.2 Å². The Morgan fingerprint density at radius 1 is 1.22 bits per heavy atom. The van der Waals surface area contributed by atoms with Crippen LogP contribution in [0.15, 0.2) is 52.2 Å². The van der Waals surface area contributed by atoms with Gasteiger partial charge in [-0.15, -0.1) is 12.4 Å². The Morgan fingerprint density at radius 2 is 1.89 bits per heavy atom. The summed E-state index contributed by atoms with van der Waals surface area (Å²) in [6.07, 6.45) is 2.27. The molecule has 3 rings (SSSR count). The first-order valence-electron chi connectivity index (χ1n) is 5.62. The van der Waals surface area contributed by atoms with E-state index in [-0.39, 0.29) is 18.4 Å². The highest BCUT2D eigenvalue weighted by molar-refractivity contribution is 8.06. The molecular formula is C13H16ClN3S. The van der Waals surface area contributed by atoms with Gasteiger partial charge < -0.3 is 5.73 Å². The molecule has 0 radical (unpaired) electrons. The molecule has 0 fully saturated rings. The fourth-order valence-electron chi connectivity index (χ4n) is 2.28. The number of fused-ring (bicyclic) bond motifs is 1. The Morgan fingerprint density at radius 3 is 2.50 bits per heavy atom. The second kappa shape index (κ2) is 4.88. The number of allylic oxidation sites excluding steroid dienone is 1. The lowest BCUT2D eigenvalue weighted by molar-refractivity contribution is 0.0781. The fourth-order valence-corrected chi connectivity index (χ4v) is 3.30. The van der Waals surface area contributed by atoms with Crippen LogP contribution in [0, 0.1) is 0 Å². The smallest absolute Gasteiger partial charge is 0.129 e. The van der Waals surface area contributed by atoms with Crippen molar-refractivity contribution in [3.8, 4) is 0 Å². The summed E-state index contributed by atoms with van der Waals surface area (Å²) >= 11 is 1.75. The zero-order valence-electron chi connectivity index (χ0n) is 10.3. The first-order valence-corrected chi connectivity index (χ1v) is 6.44. The van der Waals surface area contributed by atoms with Gasteiger partial charge in [-0.25, -0.2) is 5.01 Å². The number of rotatable bonds is 1. The van der Waals surface area contributed by atoms with Crippen LogP contribution in [0.1, 0.15) is 18.5 Å². The molecule has 1 atom stereocenters. The summed E-state index contributed by atoms with van der Waals surface area (Å²) in [6, 6.07) is 10.8. The van der Waals surface area contributed by atoms with E-state index in [1.54, 1.807) is 11.8 Å². The lowest BCUT2D eigenvalue weighted by Crippen LogP contribution is -2.35. The van der Waals surface area contributed by atoms with E-state index < -0.39 is 0 Å². The van der Waals surface area contributed by atoms with Crippen LogP contribution in [0.25, 0.3) is 0 Å². The molecule has 0 amide bonds. The molecule has 5 heteroatoms. The van der Waals surface area contributed by atoms with Crippen molar-refractivity contribution in [3.05, 3.63) is 57.7 Å². The van der Waals surface area contributed by atoms with E-state index >= 15 is 0 Å². The lowest BCUT2D eigenvalue weighted by atomic mass is 10.1. The largest absolute Gasteiger partial charge is 0.383 e. The van der Waals surface area contributed by atoms with E-state index in [0.29, 0.717) is 0 Å². The normalized spacial score (nSPS) is 22.9. The van der Waals surface area contributed by atoms with E-state index in [2.05, 4.69) is 54.3 Å². The van der Waals surface area contributed by atoms with Gasteiger partial charge in [0.25, 0.3) is 0 Å². The Hall–Kier alpha value is -1.10. The summed E-state index contributed by atoms with van der Waals surface area (Å²) in [5, 5.41) is 5.50. The van der Waals surface area contributed by atoms with E-state index in [1.165, 1.54) is 15.5 Å². The molecule has 2 heterocycles. The number of benzene rings is 1. The molecule has 18 heavy (non-hydrogen) atoms. The minimum atomic E-state index is 0. The number of hydrogen-bond acceptors (Lipinski definition) is 4. The molecule has 0 bridgehead atoms. The minimum absolute atomic E-state index is 0. The molecule has 1 aromatic rings. The standard InChI is InChI=1S/C13H15N3S.ClH/c1-9-13(14)16-12(17-9)8-11(15(16)2)10-6-4-3-5-7-10;/h3-8,11H,14H2,1-2H3;1H. The average molecular weight is 282 g/mol. The topological polar surface area (TPSA) is 32.5 Å². The third-order valence-electron chi connectivity index (χ3n) is 3.21. The second-order valence-electron chi connectivity index (χ2n) is 4.29. The third-order valence-corrected chi connectivity index (χ3v) is 4.25. The number of halogens is 1. The maximum Gasteiger partial charge on any atom is 0.129 e. The highest BCUT2D eigenvalue weighted by Gasteiger charge is 2.36. The summed E-state index contributed by atoms with van der Waals surface area (Å²) in [4.78, 5) is 1.18. The second-order valence-corrected chi connectivity index (χ2v) is 5.52. The summed E-state index contributed by atoms with van der Waals surface area (Å²) < 4.78 is 0. The molecule has 2 N–H and O–H groups in total. The van der Waals surface area contributed by atoms with Gasteiger partial charge in [-0.05, 0) is 18.6 Å². The van der Waals surface area contributed by atoms with Crippen LogP contribution in [0.2, 0.25) is 0 Å². The van der Waals surface area contributed by atoms with Gasteiger partial charge in [-0.2, -0.15) is 0 Å². The van der Waals surface area contributed by atoms with Crippen molar-refractivity contribution in [2.45, 2.75) is 13.0 Å². The summed E-state index contributed by atoms with van der Waals surface area (Å²) in [5.74, 6) is 0.849. The van der Waals surface area contributed by atoms with E-state index in [0.717, 1.165) is 5.82 Å². The number of nitrogens with zero attached hydrogens (tertiary/aromatic N) is 2. The van der Waals surface area contributed by atoms with Gasteiger partial charge in [0, 0.05) is 12.0 Å². The predicted octanol–water partition coefficient (Wildman–Crippen LogP) is 3.05. The van der Waals surface area contributed by atoms with Crippen molar-refractivity contribution < 1.29 is 0 Å². The van der Waals surface area contributed by atoms with E-state index in [1.807, 2.05) is 6.07 Å². The molecule has 3 nitrogen and oxygen atoms in total. The van der Waals surface area contributed by atoms with Gasteiger partial charge in [0.2, 0.25) is 0 Å². The number of hydrogen-bond donors (Lipinski definition) is 1. The highest BCUT2D eigenvalue weighted by atomic mass is 35.5. The Labute approximate surface area is 118 Å². The van der Waals surface area contributed by atoms with Crippen molar-refractivity contribution in [1.82, 2.24) is 10.0 Å². The number of thioether (sulfide) groups is 1. The van der Waals surface area contributed by atoms with Gasteiger partial charge in [0.1, 0.15) is 5.82 Å². The Kier molecular flexibility index (Phi) is 3.61. The molecule has 0 aliphatic carbocycles. The van der Waals surface area contributed by atoms with Gasteiger partial charge >= 0.3 is 0 Å². The van der Waals surface area contributed by atoms with Crippen LogP contribution < -0.4 is 5.73 Å². The molecule has 1 aromatic carbocycles. The maximum atomic E-state index is 6.10. The van der Waals surface area contributed by atoms with Crippen molar-refractivity contribution in [2.75, 3.05) is 7.05 Å². The highest BCUT2D eigenvalue weighted by Crippen LogP contribution is 2.47. The maximum absolute atomic E-state index is 6.10. The summed E-state index contributed by atoms with van der Waals surface area (Å²) in [6.45, 7) is 2.06. The number of nitrogens with two attached hydrogens (primary N) is 1. The van der Waals surface area contributed by atoms with Crippen molar-refractivity contribution in [3.63, 3.8) is 0 Å². The molecular weight excluding hydrogens is 266 g/mol. The summed E-state index contributed by atoms with van der Waals surface area (Å²) in [7, 11) is 2.08.